The van der Waals surface area contributed by atoms with Gasteiger partial charge in [-0.1, -0.05) is 58.4 Å². The highest BCUT2D eigenvalue weighted by Crippen LogP contribution is 2.53. The Hall–Kier alpha value is -3.26. The van der Waals surface area contributed by atoms with Gasteiger partial charge in [0.25, 0.3) is 5.91 Å². The van der Waals surface area contributed by atoms with Crippen LogP contribution >= 0.6 is 15.9 Å². The summed E-state index contributed by atoms with van der Waals surface area (Å²) in [6.07, 6.45) is 4.97. The average molecular weight is 551 g/mol. The highest BCUT2D eigenvalue weighted by Gasteiger charge is 2.61. The molecule has 36 heavy (non-hydrogen) atoms. The number of hydrogen-bond donors (Lipinski definition) is 1. The lowest BCUT2D eigenvalue weighted by Gasteiger charge is -2.26. The van der Waals surface area contributed by atoms with Crippen molar-refractivity contribution < 1.29 is 23.9 Å². The maximum absolute atomic E-state index is 13.4. The van der Waals surface area contributed by atoms with Gasteiger partial charge in [-0.25, -0.2) is 4.79 Å². The topological polar surface area (TPSA) is 92.8 Å². The number of benzene rings is 2. The second-order valence-corrected chi connectivity index (χ2v) is 10.7. The van der Waals surface area contributed by atoms with Crippen molar-refractivity contribution in [1.82, 2.24) is 4.90 Å². The number of imide groups is 1. The molecule has 7 nitrogen and oxygen atoms in total. The third-order valence-corrected chi connectivity index (χ3v) is 8.34. The molecule has 1 aliphatic heterocycles. The van der Waals surface area contributed by atoms with E-state index in [0.717, 1.165) is 32.5 Å². The number of anilines is 1. The van der Waals surface area contributed by atoms with E-state index >= 15 is 0 Å². The fraction of sp³-hybridized carbons (Fsp3) is 0.357. The number of esters is 1. The lowest BCUT2D eigenvalue weighted by atomic mass is 9.85. The van der Waals surface area contributed by atoms with Crippen LogP contribution in [0.5, 0.6) is 0 Å². The van der Waals surface area contributed by atoms with Gasteiger partial charge in [0.05, 0.1) is 11.8 Å². The third-order valence-electron chi connectivity index (χ3n) is 7.49. The molecule has 1 N–H and O–H groups in total. The second-order valence-electron chi connectivity index (χ2n) is 9.82. The Balaban J connectivity index is 1.32. The minimum absolute atomic E-state index is 0.0400. The van der Waals surface area contributed by atoms with Gasteiger partial charge in [-0.2, -0.15) is 0 Å². The lowest BCUT2D eigenvalue weighted by molar-refractivity contribution is -0.160. The quantitative estimate of drug-likeness (QED) is 0.320. The molecule has 0 aromatic heterocycles. The second kappa shape index (κ2) is 9.65. The van der Waals surface area contributed by atoms with Gasteiger partial charge < -0.3 is 10.1 Å². The van der Waals surface area contributed by atoms with Crippen LogP contribution < -0.4 is 5.32 Å². The number of likely N-dealkylation sites (tertiary alicyclic amines) is 1. The number of carbonyl (C=O) groups excluding carboxylic acids is 4. The SMILES string of the molecule is Cc1cc(NC(=O)COC(=O)[C@@H](Cc2ccccc2)N2C(=O)[C@@H]3[C@H](C2=O)[C@H]2C=C[C@H]3C2)c(C)cc1Br. The Labute approximate surface area is 218 Å². The Morgan fingerprint density at radius 1 is 1.03 bits per heavy atom. The molecule has 2 aromatic carbocycles. The number of halogens is 1. The molecule has 2 bridgehead atoms. The van der Waals surface area contributed by atoms with E-state index in [4.69, 9.17) is 4.74 Å². The molecule has 5 atom stereocenters. The Kier molecular flexibility index (Phi) is 6.55. The van der Waals surface area contributed by atoms with Crippen LogP contribution in [0, 0.1) is 37.5 Å². The zero-order chi connectivity index (χ0) is 25.6. The summed E-state index contributed by atoms with van der Waals surface area (Å²) in [4.78, 5) is 53.7. The van der Waals surface area contributed by atoms with Crippen LogP contribution in [0.3, 0.4) is 0 Å². The molecule has 186 valence electrons. The zero-order valence-corrected chi connectivity index (χ0v) is 21.7. The average Bonchev–Trinajstić information content (AvgIpc) is 3.54. The van der Waals surface area contributed by atoms with Crippen LogP contribution in [0.4, 0.5) is 5.69 Å². The van der Waals surface area contributed by atoms with E-state index in [9.17, 15) is 19.2 Å². The lowest BCUT2D eigenvalue weighted by Crippen LogP contribution is -2.48. The van der Waals surface area contributed by atoms with Gasteiger partial charge in [-0.15, -0.1) is 0 Å². The monoisotopic (exact) mass is 550 g/mol. The van der Waals surface area contributed by atoms with Crippen molar-refractivity contribution in [3.05, 3.63) is 75.8 Å². The molecule has 8 heteroatoms. The van der Waals surface area contributed by atoms with Gasteiger partial charge in [0.15, 0.2) is 6.61 Å². The van der Waals surface area contributed by atoms with E-state index in [2.05, 4.69) is 21.2 Å². The number of nitrogens with one attached hydrogen (secondary N) is 1. The molecular weight excluding hydrogens is 524 g/mol. The number of aryl methyl sites for hydroxylation is 2. The largest absolute Gasteiger partial charge is 0.454 e. The Bertz CT molecular complexity index is 1240. The minimum atomic E-state index is -1.12. The van der Waals surface area contributed by atoms with Crippen molar-refractivity contribution in [2.75, 3.05) is 11.9 Å². The van der Waals surface area contributed by atoms with Crippen LogP contribution in [-0.2, 0) is 30.3 Å². The first-order valence-corrected chi connectivity index (χ1v) is 12.9. The number of hydrogen-bond acceptors (Lipinski definition) is 5. The number of amides is 3. The van der Waals surface area contributed by atoms with Crippen LogP contribution in [0.1, 0.15) is 23.1 Å². The summed E-state index contributed by atoms with van der Waals surface area (Å²) in [5.41, 5.74) is 3.23. The van der Waals surface area contributed by atoms with Gasteiger partial charge in [-0.05, 0) is 60.9 Å². The summed E-state index contributed by atoms with van der Waals surface area (Å²) in [5.74, 6) is -2.63. The summed E-state index contributed by atoms with van der Waals surface area (Å²) < 4.78 is 6.31. The third kappa shape index (κ3) is 4.39. The van der Waals surface area contributed by atoms with E-state index in [1.165, 1.54) is 0 Å². The molecule has 1 saturated heterocycles. The van der Waals surface area contributed by atoms with Crippen LogP contribution in [0.2, 0.25) is 0 Å². The maximum atomic E-state index is 13.4. The summed E-state index contributed by atoms with van der Waals surface area (Å²) in [6, 6.07) is 11.8. The molecule has 2 aliphatic carbocycles. The molecule has 3 aliphatic rings. The molecule has 0 radical (unpaired) electrons. The number of allylic oxidation sites excluding steroid dienone is 2. The van der Waals surface area contributed by atoms with Crippen molar-refractivity contribution >= 4 is 45.3 Å². The summed E-state index contributed by atoms with van der Waals surface area (Å²) in [5, 5.41) is 2.77. The first kappa shape index (κ1) is 24.4. The summed E-state index contributed by atoms with van der Waals surface area (Å²) >= 11 is 3.46. The van der Waals surface area contributed by atoms with Crippen LogP contribution in [0.25, 0.3) is 0 Å². The van der Waals surface area contributed by atoms with Gasteiger partial charge in [0.2, 0.25) is 11.8 Å². The van der Waals surface area contributed by atoms with E-state index in [-0.39, 0.29) is 30.1 Å². The molecular formula is C28H27BrN2O5. The Morgan fingerprint density at radius 2 is 1.67 bits per heavy atom. The smallest absolute Gasteiger partial charge is 0.330 e. The van der Waals surface area contributed by atoms with Crippen molar-refractivity contribution in [1.29, 1.82) is 0 Å². The summed E-state index contributed by atoms with van der Waals surface area (Å²) in [6.45, 7) is 3.26. The zero-order valence-electron chi connectivity index (χ0n) is 20.1. The standard InChI is InChI=1S/C28H27BrN2O5/c1-15-11-21(16(2)10-20(15)29)30-23(32)14-36-28(35)22(12-17-6-4-3-5-7-17)31-26(33)24-18-8-9-19(13-18)25(24)27(31)34/h3-11,18-19,22,24-25H,12-14H2,1-2H3,(H,30,32)/t18-,19-,22+,24-,25+/m0/s1. The molecule has 1 saturated carbocycles. The Morgan fingerprint density at radius 3 is 2.31 bits per heavy atom. The molecule has 2 fully saturated rings. The van der Waals surface area contributed by atoms with Gasteiger partial charge >= 0.3 is 5.97 Å². The van der Waals surface area contributed by atoms with Gasteiger partial charge in [0, 0.05) is 16.6 Å². The number of fused-ring (bicyclic) bond motifs is 5. The molecule has 0 unspecified atom stereocenters. The van der Waals surface area contributed by atoms with Crippen molar-refractivity contribution in [2.45, 2.75) is 32.7 Å². The number of nitrogens with zero attached hydrogens (tertiary/aromatic N) is 1. The first-order chi connectivity index (χ1) is 17.2. The fourth-order valence-electron chi connectivity index (χ4n) is 5.68. The van der Waals surface area contributed by atoms with Crippen molar-refractivity contribution in [3.63, 3.8) is 0 Å². The van der Waals surface area contributed by atoms with E-state index in [0.29, 0.717) is 5.69 Å². The van der Waals surface area contributed by atoms with Crippen LogP contribution in [-0.4, -0.2) is 41.2 Å². The van der Waals surface area contributed by atoms with E-state index < -0.39 is 36.4 Å². The fourth-order valence-corrected chi connectivity index (χ4v) is 6.14. The van der Waals surface area contributed by atoms with E-state index in [1.807, 2.05) is 68.5 Å². The molecule has 3 amide bonds. The highest BCUT2D eigenvalue weighted by atomic mass is 79.9. The number of rotatable bonds is 7. The molecule has 2 aromatic rings. The van der Waals surface area contributed by atoms with Crippen molar-refractivity contribution in [2.24, 2.45) is 23.7 Å². The number of ether oxygens (including phenoxy) is 1. The predicted octanol–water partition coefficient (Wildman–Crippen LogP) is 3.97. The van der Waals surface area contributed by atoms with E-state index in [1.54, 1.807) is 0 Å². The van der Waals surface area contributed by atoms with Crippen LogP contribution in [0.15, 0.2) is 59.1 Å². The molecule has 0 spiro atoms. The molecule has 1 heterocycles. The first-order valence-electron chi connectivity index (χ1n) is 12.1. The van der Waals surface area contributed by atoms with Crippen molar-refractivity contribution in [3.8, 4) is 0 Å². The van der Waals surface area contributed by atoms with Gasteiger partial charge in [0.1, 0.15) is 6.04 Å². The highest BCUT2D eigenvalue weighted by molar-refractivity contribution is 9.10. The maximum Gasteiger partial charge on any atom is 0.330 e. The predicted molar refractivity (Wildman–Crippen MR) is 137 cm³/mol. The molecule has 5 rings (SSSR count). The normalized spacial score (nSPS) is 24.7. The van der Waals surface area contributed by atoms with Gasteiger partial charge in [-0.3, -0.25) is 19.3 Å². The number of carbonyl (C=O) groups is 4. The summed E-state index contributed by atoms with van der Waals surface area (Å²) in [7, 11) is 0. The minimum Gasteiger partial charge on any atom is -0.454 e.